The van der Waals surface area contributed by atoms with Crippen LogP contribution in [0.1, 0.15) is 4.88 Å². The first-order valence-corrected chi connectivity index (χ1v) is 5.17. The molecule has 1 rings (SSSR count). The largest absolute Gasteiger partial charge is 0.478 e. The smallest absolute Gasteiger partial charge is 0.328 e. The van der Waals surface area contributed by atoms with E-state index in [0.717, 1.165) is 6.54 Å². The molecule has 0 aliphatic carbocycles. The van der Waals surface area contributed by atoms with E-state index in [0.29, 0.717) is 6.54 Å². The summed E-state index contributed by atoms with van der Waals surface area (Å²) in [7, 11) is 1.96. The standard InChI is InChI=1S/C10H13NO2S/c1-11(6-2-5-10(12)13)8-9-4-3-7-14-9/h2-5,7H,6,8H2,1H3,(H,12,13). The maximum absolute atomic E-state index is 10.2. The first-order chi connectivity index (χ1) is 6.68. The predicted octanol–water partition coefficient (Wildman–Crippen LogP) is 1.82. The molecule has 0 aromatic carbocycles. The highest BCUT2D eigenvalue weighted by molar-refractivity contribution is 7.09. The monoisotopic (exact) mass is 211 g/mol. The average molecular weight is 211 g/mol. The van der Waals surface area contributed by atoms with Crippen molar-refractivity contribution in [2.75, 3.05) is 13.6 Å². The minimum Gasteiger partial charge on any atom is -0.478 e. The Kier molecular flexibility index (Phi) is 4.35. The molecule has 76 valence electrons. The summed E-state index contributed by atoms with van der Waals surface area (Å²) in [5.41, 5.74) is 0. The van der Waals surface area contributed by atoms with Crippen molar-refractivity contribution in [2.24, 2.45) is 0 Å². The van der Waals surface area contributed by atoms with Crippen molar-refractivity contribution in [2.45, 2.75) is 6.54 Å². The summed E-state index contributed by atoms with van der Waals surface area (Å²) < 4.78 is 0. The van der Waals surface area contributed by atoms with E-state index in [1.165, 1.54) is 11.0 Å². The summed E-state index contributed by atoms with van der Waals surface area (Å²) in [6.07, 6.45) is 2.82. The zero-order valence-electron chi connectivity index (χ0n) is 8.01. The van der Waals surface area contributed by atoms with E-state index in [-0.39, 0.29) is 0 Å². The molecule has 0 fully saturated rings. The molecule has 0 aliphatic heterocycles. The zero-order valence-corrected chi connectivity index (χ0v) is 8.83. The molecular weight excluding hydrogens is 198 g/mol. The number of thiophene rings is 1. The van der Waals surface area contributed by atoms with Gasteiger partial charge in [-0.25, -0.2) is 4.79 Å². The maximum Gasteiger partial charge on any atom is 0.328 e. The van der Waals surface area contributed by atoms with Crippen molar-refractivity contribution in [1.82, 2.24) is 4.90 Å². The molecule has 0 spiro atoms. The topological polar surface area (TPSA) is 40.5 Å². The minimum absolute atomic E-state index is 0.657. The van der Waals surface area contributed by atoms with E-state index in [1.54, 1.807) is 17.4 Å². The van der Waals surface area contributed by atoms with Gasteiger partial charge in [0.25, 0.3) is 0 Å². The lowest BCUT2D eigenvalue weighted by molar-refractivity contribution is -0.131. The van der Waals surface area contributed by atoms with E-state index >= 15 is 0 Å². The number of carboxylic acids is 1. The zero-order chi connectivity index (χ0) is 10.4. The molecule has 1 heterocycles. The first kappa shape index (κ1) is 10.9. The third kappa shape index (κ3) is 4.20. The van der Waals surface area contributed by atoms with Crippen LogP contribution in [0.4, 0.5) is 0 Å². The number of nitrogens with zero attached hydrogens (tertiary/aromatic N) is 1. The van der Waals surface area contributed by atoms with Crippen LogP contribution in [0, 0.1) is 0 Å². The number of carboxylic acid groups (broad SMARTS) is 1. The van der Waals surface area contributed by atoms with Crippen LogP contribution in [-0.4, -0.2) is 29.6 Å². The van der Waals surface area contributed by atoms with Gasteiger partial charge in [0.05, 0.1) is 0 Å². The SMILES string of the molecule is CN(CC=CC(=O)O)Cc1cccs1. The van der Waals surface area contributed by atoms with Gasteiger partial charge in [-0.2, -0.15) is 0 Å². The second-order valence-electron chi connectivity index (χ2n) is 3.02. The maximum atomic E-state index is 10.2. The lowest BCUT2D eigenvalue weighted by atomic mass is 10.4. The second-order valence-corrected chi connectivity index (χ2v) is 4.05. The van der Waals surface area contributed by atoms with Gasteiger partial charge in [0.2, 0.25) is 0 Å². The highest BCUT2D eigenvalue weighted by Crippen LogP contribution is 2.10. The fourth-order valence-corrected chi connectivity index (χ4v) is 1.85. The molecular formula is C10H13NO2S. The number of hydrogen-bond donors (Lipinski definition) is 1. The summed E-state index contributed by atoms with van der Waals surface area (Å²) in [6, 6.07) is 4.09. The molecule has 0 saturated carbocycles. The van der Waals surface area contributed by atoms with E-state index in [4.69, 9.17) is 5.11 Å². The molecule has 0 aliphatic rings. The van der Waals surface area contributed by atoms with E-state index in [9.17, 15) is 4.79 Å². The Morgan fingerprint density at radius 1 is 1.71 bits per heavy atom. The Balaban J connectivity index is 2.29. The summed E-state index contributed by atoms with van der Waals surface area (Å²) in [4.78, 5) is 13.5. The molecule has 0 radical (unpaired) electrons. The third-order valence-electron chi connectivity index (χ3n) is 1.68. The molecule has 0 bridgehead atoms. The van der Waals surface area contributed by atoms with Gasteiger partial charge < -0.3 is 5.11 Å². The Morgan fingerprint density at radius 2 is 2.50 bits per heavy atom. The Bertz CT molecular complexity index is 306. The van der Waals surface area contributed by atoms with E-state index in [2.05, 4.69) is 11.0 Å². The molecule has 4 heteroatoms. The van der Waals surface area contributed by atoms with Crippen molar-refractivity contribution in [1.29, 1.82) is 0 Å². The average Bonchev–Trinajstić information content (AvgIpc) is 2.56. The Morgan fingerprint density at radius 3 is 3.07 bits per heavy atom. The summed E-state index contributed by atoms with van der Waals surface area (Å²) in [5.74, 6) is -0.894. The van der Waals surface area contributed by atoms with Crippen LogP contribution < -0.4 is 0 Å². The van der Waals surface area contributed by atoms with Gasteiger partial charge in [0.15, 0.2) is 0 Å². The van der Waals surface area contributed by atoms with E-state index < -0.39 is 5.97 Å². The van der Waals surface area contributed by atoms with Gasteiger partial charge in [0, 0.05) is 24.0 Å². The molecule has 0 atom stereocenters. The van der Waals surface area contributed by atoms with Crippen LogP contribution >= 0.6 is 11.3 Å². The molecule has 3 nitrogen and oxygen atoms in total. The number of aliphatic carboxylic acids is 1. The van der Waals surface area contributed by atoms with Crippen LogP contribution in [0.25, 0.3) is 0 Å². The first-order valence-electron chi connectivity index (χ1n) is 4.29. The van der Waals surface area contributed by atoms with Gasteiger partial charge in [-0.3, -0.25) is 4.90 Å². The molecule has 1 aromatic heterocycles. The molecule has 14 heavy (non-hydrogen) atoms. The number of likely N-dealkylation sites (N-methyl/N-ethyl adjacent to an activating group) is 1. The van der Waals surface area contributed by atoms with E-state index in [1.807, 2.05) is 18.5 Å². The van der Waals surface area contributed by atoms with Gasteiger partial charge in [-0.1, -0.05) is 12.1 Å². The number of hydrogen-bond acceptors (Lipinski definition) is 3. The fraction of sp³-hybridized carbons (Fsp3) is 0.300. The van der Waals surface area contributed by atoms with Crippen molar-refractivity contribution in [3.63, 3.8) is 0 Å². The van der Waals surface area contributed by atoms with Crippen molar-refractivity contribution in [3.05, 3.63) is 34.5 Å². The summed E-state index contributed by atoms with van der Waals surface area (Å²) >= 11 is 1.71. The minimum atomic E-state index is -0.894. The normalized spacial score (nSPS) is 11.3. The van der Waals surface area contributed by atoms with Crippen LogP contribution in [0.2, 0.25) is 0 Å². The Labute approximate surface area is 87.3 Å². The number of rotatable bonds is 5. The third-order valence-corrected chi connectivity index (χ3v) is 2.54. The van der Waals surface area contributed by atoms with Gasteiger partial charge in [-0.15, -0.1) is 11.3 Å². The lowest BCUT2D eigenvalue weighted by Crippen LogP contribution is -2.17. The van der Waals surface area contributed by atoms with Gasteiger partial charge >= 0.3 is 5.97 Å². The summed E-state index contributed by atoms with van der Waals surface area (Å²) in [5, 5.41) is 10.4. The van der Waals surface area contributed by atoms with Gasteiger partial charge in [-0.05, 0) is 18.5 Å². The summed E-state index contributed by atoms with van der Waals surface area (Å²) in [6.45, 7) is 1.52. The predicted molar refractivity (Wildman–Crippen MR) is 57.4 cm³/mol. The van der Waals surface area contributed by atoms with Crippen molar-refractivity contribution < 1.29 is 9.90 Å². The molecule has 0 amide bonds. The molecule has 1 aromatic rings. The van der Waals surface area contributed by atoms with Crippen LogP contribution in [0.15, 0.2) is 29.7 Å². The second kappa shape index (κ2) is 5.57. The quantitative estimate of drug-likeness (QED) is 0.755. The highest BCUT2D eigenvalue weighted by Gasteiger charge is 1.98. The Hall–Kier alpha value is -1.13. The van der Waals surface area contributed by atoms with Gasteiger partial charge in [0.1, 0.15) is 0 Å². The van der Waals surface area contributed by atoms with Crippen LogP contribution in [-0.2, 0) is 11.3 Å². The molecule has 1 N–H and O–H groups in total. The van der Waals surface area contributed by atoms with Crippen LogP contribution in [0.5, 0.6) is 0 Å². The molecule has 0 unspecified atom stereocenters. The lowest BCUT2D eigenvalue weighted by Gasteiger charge is -2.12. The van der Waals surface area contributed by atoms with Crippen LogP contribution in [0.3, 0.4) is 0 Å². The fourth-order valence-electron chi connectivity index (χ4n) is 1.07. The van der Waals surface area contributed by atoms with Crippen molar-refractivity contribution >= 4 is 17.3 Å². The molecule has 0 saturated heterocycles. The van der Waals surface area contributed by atoms with Crippen molar-refractivity contribution in [3.8, 4) is 0 Å². The highest BCUT2D eigenvalue weighted by atomic mass is 32.1. The number of carbonyl (C=O) groups is 1.